The Kier molecular flexibility index (Phi) is 4.03. The van der Waals surface area contributed by atoms with Gasteiger partial charge in [-0.05, 0) is 23.8 Å². The first-order chi connectivity index (χ1) is 9.99. The number of phenolic OH excluding ortho intramolecular Hbond substituents is 1. The van der Waals surface area contributed by atoms with Gasteiger partial charge in [0, 0.05) is 6.07 Å². The number of nitro benzene ring substituents is 1. The number of carbonyl (C=O) groups is 1. The van der Waals surface area contributed by atoms with E-state index in [9.17, 15) is 20.0 Å². The molecule has 7 heteroatoms. The maximum atomic E-state index is 11.2. The highest BCUT2D eigenvalue weighted by Gasteiger charge is 2.24. The van der Waals surface area contributed by atoms with Crippen molar-refractivity contribution >= 4 is 11.7 Å². The second-order valence-corrected chi connectivity index (χ2v) is 4.17. The zero-order chi connectivity index (χ0) is 15.4. The number of aromatic carboxylic acids is 1. The van der Waals surface area contributed by atoms with Crippen LogP contribution in [0.3, 0.4) is 0 Å². The quantitative estimate of drug-likeness (QED) is 0.646. The van der Waals surface area contributed by atoms with Gasteiger partial charge in [-0.25, -0.2) is 4.79 Å². The Balaban J connectivity index is 2.30. The smallest absolute Gasteiger partial charge is 0.346 e. The molecule has 108 valence electrons. The summed E-state index contributed by atoms with van der Waals surface area (Å²) >= 11 is 0. The van der Waals surface area contributed by atoms with E-state index in [1.807, 2.05) is 0 Å². The van der Waals surface area contributed by atoms with Gasteiger partial charge in [-0.1, -0.05) is 18.2 Å². The molecule has 0 aliphatic carbocycles. The van der Waals surface area contributed by atoms with Gasteiger partial charge in [0.15, 0.2) is 5.56 Å². The molecule has 2 N–H and O–H groups in total. The molecule has 2 aromatic rings. The summed E-state index contributed by atoms with van der Waals surface area (Å²) in [6.45, 7) is -0.0180. The number of phenols is 1. The van der Waals surface area contributed by atoms with Gasteiger partial charge in [-0.3, -0.25) is 10.1 Å². The lowest BCUT2D eigenvalue weighted by molar-refractivity contribution is -0.385. The highest BCUT2D eigenvalue weighted by molar-refractivity contribution is 5.95. The topological polar surface area (TPSA) is 110 Å². The van der Waals surface area contributed by atoms with Gasteiger partial charge in [-0.15, -0.1) is 0 Å². The Morgan fingerprint density at radius 2 is 1.95 bits per heavy atom. The monoisotopic (exact) mass is 289 g/mol. The maximum absolute atomic E-state index is 11.2. The Morgan fingerprint density at radius 3 is 2.57 bits per heavy atom. The largest absolute Gasteiger partial charge is 0.508 e. The lowest BCUT2D eigenvalue weighted by atomic mass is 10.1. The summed E-state index contributed by atoms with van der Waals surface area (Å²) in [5.74, 6) is -1.48. The van der Waals surface area contributed by atoms with Crippen molar-refractivity contribution in [3.8, 4) is 11.5 Å². The van der Waals surface area contributed by atoms with E-state index in [2.05, 4.69) is 0 Å². The highest BCUT2D eigenvalue weighted by atomic mass is 16.6. The van der Waals surface area contributed by atoms with Crippen LogP contribution < -0.4 is 4.74 Å². The van der Waals surface area contributed by atoms with Crippen molar-refractivity contribution in [3.63, 3.8) is 0 Å². The van der Waals surface area contributed by atoms with Gasteiger partial charge in [-0.2, -0.15) is 0 Å². The molecule has 0 radical (unpaired) electrons. The van der Waals surface area contributed by atoms with Crippen LogP contribution in [-0.4, -0.2) is 21.1 Å². The van der Waals surface area contributed by atoms with Crippen LogP contribution in [0.1, 0.15) is 15.9 Å². The van der Waals surface area contributed by atoms with E-state index in [0.29, 0.717) is 5.56 Å². The van der Waals surface area contributed by atoms with Crippen molar-refractivity contribution in [1.82, 2.24) is 0 Å². The summed E-state index contributed by atoms with van der Waals surface area (Å²) in [6, 6.07) is 10.0. The summed E-state index contributed by atoms with van der Waals surface area (Å²) < 4.78 is 5.33. The van der Waals surface area contributed by atoms with E-state index in [4.69, 9.17) is 9.84 Å². The zero-order valence-electron chi connectivity index (χ0n) is 10.7. The van der Waals surface area contributed by atoms with Crippen LogP contribution in [0.25, 0.3) is 0 Å². The predicted octanol–water partition coefficient (Wildman–Crippen LogP) is 2.58. The second kappa shape index (κ2) is 5.91. The Bertz CT molecular complexity index is 698. The Morgan fingerprint density at radius 1 is 1.24 bits per heavy atom. The zero-order valence-corrected chi connectivity index (χ0v) is 10.7. The molecular formula is C14H11NO6. The van der Waals surface area contributed by atoms with Crippen molar-refractivity contribution < 1.29 is 24.7 Å². The molecule has 0 saturated heterocycles. The van der Waals surface area contributed by atoms with Gasteiger partial charge in [0.25, 0.3) is 5.69 Å². The molecule has 0 atom stereocenters. The molecule has 2 rings (SSSR count). The van der Waals surface area contributed by atoms with Crippen molar-refractivity contribution in [2.24, 2.45) is 0 Å². The molecule has 21 heavy (non-hydrogen) atoms. The summed E-state index contributed by atoms with van der Waals surface area (Å²) in [7, 11) is 0. The fourth-order valence-electron chi connectivity index (χ4n) is 1.81. The number of benzene rings is 2. The fraction of sp³-hybridized carbons (Fsp3) is 0.0714. The van der Waals surface area contributed by atoms with Gasteiger partial charge < -0.3 is 14.9 Å². The number of nitrogens with zero attached hydrogens (tertiary/aromatic N) is 1. The number of hydrogen-bond donors (Lipinski definition) is 2. The molecule has 0 fully saturated rings. The summed E-state index contributed by atoms with van der Waals surface area (Å²) in [5.41, 5.74) is -0.420. The normalized spacial score (nSPS) is 10.1. The average molecular weight is 289 g/mol. The number of nitro groups is 1. The van der Waals surface area contributed by atoms with E-state index in [1.165, 1.54) is 24.3 Å². The van der Waals surface area contributed by atoms with Crippen LogP contribution in [0.5, 0.6) is 11.5 Å². The lowest BCUT2D eigenvalue weighted by Gasteiger charge is -2.09. The van der Waals surface area contributed by atoms with Gasteiger partial charge in [0.1, 0.15) is 18.1 Å². The molecule has 0 aromatic heterocycles. The molecule has 2 aromatic carbocycles. The minimum atomic E-state index is -1.44. The Labute approximate surface area is 119 Å². The third-order valence-electron chi connectivity index (χ3n) is 2.72. The van der Waals surface area contributed by atoms with Gasteiger partial charge >= 0.3 is 5.97 Å². The van der Waals surface area contributed by atoms with E-state index in [0.717, 1.165) is 6.07 Å². The molecular weight excluding hydrogens is 278 g/mol. The minimum Gasteiger partial charge on any atom is -0.508 e. The molecule has 0 amide bonds. The van der Waals surface area contributed by atoms with Crippen LogP contribution in [0.4, 0.5) is 5.69 Å². The molecule has 0 bridgehead atoms. The highest BCUT2D eigenvalue weighted by Crippen LogP contribution is 2.29. The number of carboxylic acids is 1. The molecule has 7 nitrogen and oxygen atoms in total. The van der Waals surface area contributed by atoms with Crippen LogP contribution in [0, 0.1) is 10.1 Å². The maximum Gasteiger partial charge on any atom is 0.346 e. The summed E-state index contributed by atoms with van der Waals surface area (Å²) in [5, 5.41) is 29.3. The number of aromatic hydroxyl groups is 1. The van der Waals surface area contributed by atoms with Crippen LogP contribution in [0.15, 0.2) is 42.5 Å². The number of ether oxygens (including phenoxy) is 1. The second-order valence-electron chi connectivity index (χ2n) is 4.17. The van der Waals surface area contributed by atoms with E-state index >= 15 is 0 Å². The Hall–Kier alpha value is -3.09. The van der Waals surface area contributed by atoms with Crippen LogP contribution in [-0.2, 0) is 6.61 Å². The molecule has 0 saturated carbocycles. The van der Waals surface area contributed by atoms with E-state index in [-0.39, 0.29) is 18.1 Å². The molecule has 0 spiro atoms. The minimum absolute atomic E-state index is 0.0180. The third kappa shape index (κ3) is 3.27. The standard InChI is InChI=1S/C14H11NO6/c16-10-4-1-3-9(7-10)8-21-12-6-2-5-11(15(19)20)13(12)14(17)18/h1-7,16H,8H2,(H,17,18). The first-order valence-corrected chi connectivity index (χ1v) is 5.90. The summed E-state index contributed by atoms with van der Waals surface area (Å²) in [4.78, 5) is 21.3. The predicted molar refractivity (Wildman–Crippen MR) is 72.5 cm³/mol. The molecule has 0 aliphatic heterocycles. The number of hydrogen-bond acceptors (Lipinski definition) is 5. The van der Waals surface area contributed by atoms with Crippen molar-refractivity contribution in [1.29, 1.82) is 0 Å². The third-order valence-corrected chi connectivity index (χ3v) is 2.72. The average Bonchev–Trinajstić information content (AvgIpc) is 2.44. The summed E-state index contributed by atoms with van der Waals surface area (Å²) in [6.07, 6.45) is 0. The van der Waals surface area contributed by atoms with E-state index < -0.39 is 22.1 Å². The SMILES string of the molecule is O=C(O)c1c(OCc2cccc(O)c2)cccc1[N+](=O)[O-]. The van der Waals surface area contributed by atoms with Crippen molar-refractivity contribution in [2.75, 3.05) is 0 Å². The first kappa shape index (κ1) is 14.3. The first-order valence-electron chi connectivity index (χ1n) is 5.90. The van der Waals surface area contributed by atoms with Gasteiger partial charge in [0.2, 0.25) is 0 Å². The van der Waals surface area contributed by atoms with Crippen molar-refractivity contribution in [2.45, 2.75) is 6.61 Å². The number of rotatable bonds is 5. The molecule has 0 heterocycles. The number of carboxylic acid groups (broad SMARTS) is 1. The van der Waals surface area contributed by atoms with Crippen LogP contribution in [0.2, 0.25) is 0 Å². The molecule has 0 aliphatic rings. The lowest BCUT2D eigenvalue weighted by Crippen LogP contribution is -2.07. The fourth-order valence-corrected chi connectivity index (χ4v) is 1.81. The van der Waals surface area contributed by atoms with Gasteiger partial charge in [0.05, 0.1) is 4.92 Å². The molecule has 0 unspecified atom stereocenters. The van der Waals surface area contributed by atoms with Crippen LogP contribution >= 0.6 is 0 Å². The van der Waals surface area contributed by atoms with Crippen molar-refractivity contribution in [3.05, 3.63) is 63.7 Å². The van der Waals surface area contributed by atoms with E-state index in [1.54, 1.807) is 12.1 Å².